The quantitative estimate of drug-likeness (QED) is 0.653. The Morgan fingerprint density at radius 2 is 2.45 bits per heavy atom. The first-order valence-corrected chi connectivity index (χ1v) is 4.15. The molecule has 0 spiro atoms. The van der Waals surface area contributed by atoms with Gasteiger partial charge in [-0.1, -0.05) is 6.92 Å². The van der Waals surface area contributed by atoms with Crippen molar-refractivity contribution in [3.63, 3.8) is 0 Å². The van der Waals surface area contributed by atoms with Crippen LogP contribution in [0.2, 0.25) is 0 Å². The molecule has 1 rings (SSSR count). The molecule has 11 heavy (non-hydrogen) atoms. The van der Waals surface area contributed by atoms with Crippen molar-refractivity contribution in [1.29, 1.82) is 0 Å². The van der Waals surface area contributed by atoms with E-state index in [9.17, 15) is 0 Å². The summed E-state index contributed by atoms with van der Waals surface area (Å²) in [6.45, 7) is 4.10. The molecule has 0 saturated carbocycles. The second-order valence-corrected chi connectivity index (χ2v) is 2.99. The second-order valence-electron chi connectivity index (χ2n) is 2.99. The molecular formula is C8H16O3. The van der Waals surface area contributed by atoms with E-state index >= 15 is 0 Å². The average Bonchev–Trinajstić information content (AvgIpc) is 2.50. The third kappa shape index (κ3) is 2.15. The summed E-state index contributed by atoms with van der Waals surface area (Å²) in [7, 11) is 0. The van der Waals surface area contributed by atoms with Crippen molar-refractivity contribution in [2.45, 2.75) is 25.4 Å². The molecule has 66 valence electrons. The van der Waals surface area contributed by atoms with E-state index in [0.717, 1.165) is 12.8 Å². The normalized spacial score (nSPS) is 31.1. The molecule has 3 nitrogen and oxygen atoms in total. The minimum atomic E-state index is -0.379. The van der Waals surface area contributed by atoms with Gasteiger partial charge < -0.3 is 14.6 Å². The van der Waals surface area contributed by atoms with Crippen LogP contribution in [0.3, 0.4) is 0 Å². The Hall–Kier alpha value is -0.120. The lowest BCUT2D eigenvalue weighted by atomic mass is 10.1. The third-order valence-electron chi connectivity index (χ3n) is 1.97. The van der Waals surface area contributed by atoms with E-state index < -0.39 is 0 Å². The highest BCUT2D eigenvalue weighted by Crippen LogP contribution is 2.22. The van der Waals surface area contributed by atoms with Gasteiger partial charge in [-0.3, -0.25) is 0 Å². The van der Waals surface area contributed by atoms with Crippen LogP contribution in [-0.2, 0) is 9.47 Å². The highest BCUT2D eigenvalue weighted by Gasteiger charge is 2.34. The minimum absolute atomic E-state index is 0.0764. The van der Waals surface area contributed by atoms with Gasteiger partial charge in [-0.15, -0.1) is 0 Å². The van der Waals surface area contributed by atoms with Crippen LogP contribution in [0.5, 0.6) is 0 Å². The molecule has 0 amide bonds. The monoisotopic (exact) mass is 160 g/mol. The van der Waals surface area contributed by atoms with E-state index in [1.807, 2.05) is 0 Å². The van der Waals surface area contributed by atoms with Crippen LogP contribution in [0, 0.1) is 0 Å². The predicted molar refractivity (Wildman–Crippen MR) is 41.5 cm³/mol. The summed E-state index contributed by atoms with van der Waals surface area (Å²) in [5.74, 6) is 0. The number of aliphatic hydroxyl groups excluding tert-OH is 1. The van der Waals surface area contributed by atoms with Gasteiger partial charge in [0.2, 0.25) is 0 Å². The molecular weight excluding hydrogens is 144 g/mol. The zero-order valence-electron chi connectivity index (χ0n) is 7.01. The average molecular weight is 160 g/mol. The molecule has 1 heterocycles. The van der Waals surface area contributed by atoms with E-state index in [1.54, 1.807) is 0 Å². The SMILES string of the molecule is CCCOC1(CO)CCOC1. The molecule has 1 aliphatic heterocycles. The highest BCUT2D eigenvalue weighted by molar-refractivity contribution is 4.83. The van der Waals surface area contributed by atoms with Gasteiger partial charge in [0.1, 0.15) is 5.60 Å². The summed E-state index contributed by atoms with van der Waals surface area (Å²) in [5, 5.41) is 9.04. The lowest BCUT2D eigenvalue weighted by molar-refractivity contribution is -0.0806. The van der Waals surface area contributed by atoms with E-state index in [4.69, 9.17) is 14.6 Å². The largest absolute Gasteiger partial charge is 0.393 e. The molecule has 0 aromatic heterocycles. The molecule has 1 saturated heterocycles. The fourth-order valence-corrected chi connectivity index (χ4v) is 1.19. The van der Waals surface area contributed by atoms with Gasteiger partial charge in [-0.25, -0.2) is 0 Å². The van der Waals surface area contributed by atoms with Crippen molar-refractivity contribution in [1.82, 2.24) is 0 Å². The minimum Gasteiger partial charge on any atom is -0.393 e. The van der Waals surface area contributed by atoms with Crippen molar-refractivity contribution < 1.29 is 14.6 Å². The van der Waals surface area contributed by atoms with Gasteiger partial charge in [-0.2, -0.15) is 0 Å². The maximum atomic E-state index is 9.04. The fraction of sp³-hybridized carbons (Fsp3) is 1.00. The predicted octanol–water partition coefficient (Wildman–Crippen LogP) is 0.564. The first-order valence-electron chi connectivity index (χ1n) is 4.15. The van der Waals surface area contributed by atoms with Gasteiger partial charge in [0, 0.05) is 19.6 Å². The summed E-state index contributed by atoms with van der Waals surface area (Å²) in [6, 6.07) is 0. The number of rotatable bonds is 4. The van der Waals surface area contributed by atoms with Gasteiger partial charge in [0.05, 0.1) is 13.2 Å². The van der Waals surface area contributed by atoms with Crippen LogP contribution in [0.15, 0.2) is 0 Å². The van der Waals surface area contributed by atoms with Gasteiger partial charge >= 0.3 is 0 Å². The van der Waals surface area contributed by atoms with Gasteiger partial charge in [-0.05, 0) is 6.42 Å². The van der Waals surface area contributed by atoms with Crippen LogP contribution in [0.1, 0.15) is 19.8 Å². The molecule has 0 aromatic rings. The number of aliphatic hydroxyl groups is 1. The molecule has 0 radical (unpaired) electrons. The van der Waals surface area contributed by atoms with Crippen molar-refractivity contribution in [3.05, 3.63) is 0 Å². The van der Waals surface area contributed by atoms with E-state index in [0.29, 0.717) is 19.8 Å². The summed E-state index contributed by atoms with van der Waals surface area (Å²) < 4.78 is 10.7. The highest BCUT2D eigenvalue weighted by atomic mass is 16.6. The lowest BCUT2D eigenvalue weighted by Crippen LogP contribution is -2.37. The molecule has 1 N–H and O–H groups in total. The summed E-state index contributed by atoms with van der Waals surface area (Å²) in [4.78, 5) is 0. The number of ether oxygens (including phenoxy) is 2. The maximum Gasteiger partial charge on any atom is 0.116 e. The third-order valence-corrected chi connectivity index (χ3v) is 1.97. The smallest absolute Gasteiger partial charge is 0.116 e. The zero-order valence-corrected chi connectivity index (χ0v) is 7.01. The Labute approximate surface area is 67.3 Å². The molecule has 1 fully saturated rings. The van der Waals surface area contributed by atoms with Gasteiger partial charge in [0.25, 0.3) is 0 Å². The number of hydrogen-bond acceptors (Lipinski definition) is 3. The Bertz CT molecular complexity index is 108. The summed E-state index contributed by atoms with van der Waals surface area (Å²) in [5.41, 5.74) is -0.379. The van der Waals surface area contributed by atoms with Crippen LogP contribution < -0.4 is 0 Å². The topological polar surface area (TPSA) is 38.7 Å². The van der Waals surface area contributed by atoms with Crippen LogP contribution in [0.4, 0.5) is 0 Å². The van der Waals surface area contributed by atoms with Crippen LogP contribution >= 0.6 is 0 Å². The van der Waals surface area contributed by atoms with Crippen molar-refractivity contribution >= 4 is 0 Å². The first kappa shape index (κ1) is 8.97. The summed E-state index contributed by atoms with van der Waals surface area (Å²) >= 11 is 0. The summed E-state index contributed by atoms with van der Waals surface area (Å²) in [6.07, 6.45) is 1.81. The fourth-order valence-electron chi connectivity index (χ4n) is 1.19. The van der Waals surface area contributed by atoms with E-state index in [1.165, 1.54) is 0 Å². The molecule has 3 heteroatoms. The van der Waals surface area contributed by atoms with E-state index in [-0.39, 0.29) is 12.2 Å². The molecule has 0 aromatic carbocycles. The molecule has 0 bridgehead atoms. The molecule has 0 aliphatic carbocycles. The Morgan fingerprint density at radius 3 is 2.91 bits per heavy atom. The Morgan fingerprint density at radius 1 is 1.64 bits per heavy atom. The van der Waals surface area contributed by atoms with Crippen molar-refractivity contribution in [2.75, 3.05) is 26.4 Å². The van der Waals surface area contributed by atoms with Crippen molar-refractivity contribution in [2.24, 2.45) is 0 Å². The molecule has 1 atom stereocenters. The maximum absolute atomic E-state index is 9.04. The number of hydrogen-bond donors (Lipinski definition) is 1. The lowest BCUT2D eigenvalue weighted by Gasteiger charge is -2.24. The van der Waals surface area contributed by atoms with Crippen LogP contribution in [0.25, 0.3) is 0 Å². The second kappa shape index (κ2) is 4.04. The first-order chi connectivity index (χ1) is 5.33. The zero-order chi connectivity index (χ0) is 8.16. The molecule has 1 unspecified atom stereocenters. The van der Waals surface area contributed by atoms with Gasteiger partial charge in [0.15, 0.2) is 0 Å². The molecule has 1 aliphatic rings. The van der Waals surface area contributed by atoms with Crippen molar-refractivity contribution in [3.8, 4) is 0 Å². The Kier molecular flexibility index (Phi) is 3.30. The van der Waals surface area contributed by atoms with Crippen LogP contribution in [-0.4, -0.2) is 37.1 Å². The standard InChI is InChI=1S/C8H16O3/c1-2-4-11-8(6-9)3-5-10-7-8/h9H,2-7H2,1H3. The Balaban J connectivity index is 2.33. The van der Waals surface area contributed by atoms with E-state index in [2.05, 4.69) is 6.92 Å².